The molecule has 3 aromatic carbocycles. The van der Waals surface area contributed by atoms with Gasteiger partial charge in [-0.25, -0.2) is 0 Å². The molecule has 43 heavy (non-hydrogen) atoms. The van der Waals surface area contributed by atoms with Gasteiger partial charge in [0, 0.05) is 28.7 Å². The average Bonchev–Trinajstić information content (AvgIpc) is 2.96. The standard InChI is InChI=1S/C37H50N2O3S/c1-37(2,3)42-35-15-9-14-30(20-21-38-35)39(31-16-18-32(43-6)19-17-31)25-26-10-7-13-28(22-26)29-23-33(27-11-8-12-27)36(41-5)34(24-29)40-4/h7,10,13,16-19,22-24,27,30,35,38H,8-9,11-12,14-15,20-21,25H2,1-6H3. The van der Waals surface area contributed by atoms with Crippen molar-refractivity contribution in [3.63, 3.8) is 0 Å². The lowest BCUT2D eigenvalue weighted by molar-refractivity contribution is -0.0803. The summed E-state index contributed by atoms with van der Waals surface area (Å²) in [5.74, 6) is 2.26. The highest BCUT2D eigenvalue weighted by Gasteiger charge is 2.27. The normalized spacial score (nSPS) is 19.7. The molecule has 232 valence electrons. The van der Waals surface area contributed by atoms with Crippen LogP contribution in [0.5, 0.6) is 11.5 Å². The molecule has 2 unspecified atom stereocenters. The van der Waals surface area contributed by atoms with Crippen LogP contribution in [0.4, 0.5) is 5.69 Å². The van der Waals surface area contributed by atoms with Crippen molar-refractivity contribution in [1.29, 1.82) is 0 Å². The second-order valence-electron chi connectivity index (χ2n) is 13.0. The number of rotatable bonds is 10. The van der Waals surface area contributed by atoms with Crippen molar-refractivity contribution in [1.82, 2.24) is 5.32 Å². The molecule has 2 fully saturated rings. The van der Waals surface area contributed by atoms with E-state index in [4.69, 9.17) is 14.2 Å². The molecule has 5 rings (SSSR count). The summed E-state index contributed by atoms with van der Waals surface area (Å²) in [6.45, 7) is 8.23. The Morgan fingerprint density at radius 2 is 1.63 bits per heavy atom. The van der Waals surface area contributed by atoms with Crippen LogP contribution in [-0.2, 0) is 11.3 Å². The van der Waals surface area contributed by atoms with Crippen molar-refractivity contribution in [2.75, 3.05) is 31.9 Å². The molecule has 1 N–H and O–H groups in total. The fraction of sp³-hybridized carbons (Fsp3) is 0.514. The zero-order valence-corrected chi connectivity index (χ0v) is 27.8. The molecule has 0 spiro atoms. The third-order valence-electron chi connectivity index (χ3n) is 8.86. The number of nitrogens with one attached hydrogen (secondary N) is 1. The highest BCUT2D eigenvalue weighted by Crippen LogP contribution is 2.46. The minimum atomic E-state index is -0.140. The van der Waals surface area contributed by atoms with Crippen LogP contribution < -0.4 is 19.7 Å². The Hall–Kier alpha value is -2.67. The number of methoxy groups -OCH3 is 2. The van der Waals surface area contributed by atoms with Gasteiger partial charge >= 0.3 is 0 Å². The van der Waals surface area contributed by atoms with Crippen LogP contribution in [0.1, 0.15) is 82.8 Å². The number of benzene rings is 3. The van der Waals surface area contributed by atoms with Crippen LogP contribution in [0.25, 0.3) is 11.1 Å². The van der Waals surface area contributed by atoms with E-state index in [0.717, 1.165) is 50.3 Å². The van der Waals surface area contributed by atoms with Crippen LogP contribution in [0, 0.1) is 0 Å². The molecule has 2 aliphatic rings. The van der Waals surface area contributed by atoms with Crippen molar-refractivity contribution < 1.29 is 14.2 Å². The maximum atomic E-state index is 6.29. The van der Waals surface area contributed by atoms with Gasteiger partial charge in [-0.2, -0.15) is 0 Å². The van der Waals surface area contributed by atoms with E-state index >= 15 is 0 Å². The van der Waals surface area contributed by atoms with Gasteiger partial charge < -0.3 is 19.1 Å². The first-order chi connectivity index (χ1) is 20.8. The van der Waals surface area contributed by atoms with Crippen LogP contribution >= 0.6 is 11.8 Å². The maximum absolute atomic E-state index is 6.29. The number of nitrogens with zero attached hydrogens (tertiary/aromatic N) is 1. The summed E-state index contributed by atoms with van der Waals surface area (Å²) >= 11 is 1.79. The first kappa shape index (κ1) is 31.7. The number of hydrogen-bond acceptors (Lipinski definition) is 6. The van der Waals surface area contributed by atoms with Gasteiger partial charge in [0.1, 0.15) is 6.23 Å². The second kappa shape index (κ2) is 14.4. The number of ether oxygens (including phenoxy) is 3. The lowest BCUT2D eigenvalue weighted by Crippen LogP contribution is -2.44. The Balaban J connectivity index is 1.41. The third-order valence-corrected chi connectivity index (χ3v) is 9.60. The summed E-state index contributed by atoms with van der Waals surface area (Å²) in [7, 11) is 3.49. The molecular weight excluding hydrogens is 552 g/mol. The topological polar surface area (TPSA) is 43.0 Å². The van der Waals surface area contributed by atoms with Crippen molar-refractivity contribution in [2.24, 2.45) is 0 Å². The van der Waals surface area contributed by atoms with Gasteiger partial charge in [0.05, 0.1) is 19.8 Å². The SMILES string of the molecule is COc1cc(-c2cccc(CN(c3ccc(SC)cc3)C3CCCC(OC(C)(C)C)NCC3)c2)cc(C2CCC2)c1OC. The van der Waals surface area contributed by atoms with E-state index in [1.54, 1.807) is 26.0 Å². The quantitative estimate of drug-likeness (QED) is 0.234. The summed E-state index contributed by atoms with van der Waals surface area (Å²) in [6, 6.07) is 23.1. The van der Waals surface area contributed by atoms with Crippen molar-refractivity contribution in [2.45, 2.75) is 101 Å². The van der Waals surface area contributed by atoms with Crippen molar-refractivity contribution in [3.8, 4) is 22.6 Å². The van der Waals surface area contributed by atoms with Crippen molar-refractivity contribution in [3.05, 3.63) is 71.8 Å². The summed E-state index contributed by atoms with van der Waals surface area (Å²) in [4.78, 5) is 3.92. The molecule has 1 saturated carbocycles. The Labute approximate surface area is 263 Å². The zero-order chi connectivity index (χ0) is 30.4. The largest absolute Gasteiger partial charge is 0.493 e. The first-order valence-corrected chi connectivity index (χ1v) is 17.2. The van der Waals surface area contributed by atoms with Crippen LogP contribution in [0.15, 0.2) is 65.6 Å². The van der Waals surface area contributed by atoms with E-state index in [9.17, 15) is 0 Å². The average molecular weight is 603 g/mol. The Bertz CT molecular complexity index is 1320. The van der Waals surface area contributed by atoms with Gasteiger partial charge in [-0.05, 0) is 137 Å². The summed E-state index contributed by atoms with van der Waals surface area (Å²) < 4.78 is 17.9. The first-order valence-electron chi connectivity index (χ1n) is 15.9. The zero-order valence-electron chi connectivity index (χ0n) is 26.9. The van der Waals surface area contributed by atoms with E-state index < -0.39 is 0 Å². The summed E-state index contributed by atoms with van der Waals surface area (Å²) in [6.07, 6.45) is 10.4. The van der Waals surface area contributed by atoms with Gasteiger partial charge in [-0.1, -0.05) is 24.6 Å². The second-order valence-corrected chi connectivity index (χ2v) is 13.9. The molecule has 1 saturated heterocycles. The minimum Gasteiger partial charge on any atom is -0.493 e. The molecule has 0 bridgehead atoms. The summed E-state index contributed by atoms with van der Waals surface area (Å²) in [5, 5.41) is 3.70. The van der Waals surface area contributed by atoms with Gasteiger partial charge in [0.15, 0.2) is 11.5 Å². The van der Waals surface area contributed by atoms with E-state index in [1.807, 2.05) is 0 Å². The smallest absolute Gasteiger partial charge is 0.164 e. The van der Waals surface area contributed by atoms with Gasteiger partial charge in [-0.15, -0.1) is 11.8 Å². The highest BCUT2D eigenvalue weighted by atomic mass is 32.2. The third kappa shape index (κ3) is 8.09. The predicted molar refractivity (Wildman–Crippen MR) is 181 cm³/mol. The van der Waals surface area contributed by atoms with E-state index in [0.29, 0.717) is 12.0 Å². The van der Waals surface area contributed by atoms with Crippen molar-refractivity contribution >= 4 is 17.4 Å². The minimum absolute atomic E-state index is 0.123. The molecule has 0 aromatic heterocycles. The number of hydrogen-bond donors (Lipinski definition) is 1. The highest BCUT2D eigenvalue weighted by molar-refractivity contribution is 7.98. The van der Waals surface area contributed by atoms with Gasteiger partial charge in [0.2, 0.25) is 0 Å². The summed E-state index contributed by atoms with van der Waals surface area (Å²) in [5.41, 5.74) is 6.15. The fourth-order valence-corrected chi connectivity index (χ4v) is 6.88. The molecule has 2 atom stereocenters. The lowest BCUT2D eigenvalue weighted by Gasteiger charge is -2.37. The van der Waals surface area contributed by atoms with Crippen LogP contribution in [0.3, 0.4) is 0 Å². The predicted octanol–water partition coefficient (Wildman–Crippen LogP) is 9.04. The molecule has 6 heteroatoms. The van der Waals surface area contributed by atoms with Crippen LogP contribution in [-0.4, -0.2) is 44.9 Å². The van der Waals surface area contributed by atoms with E-state index in [2.05, 4.69) is 97.9 Å². The molecule has 1 heterocycles. The lowest BCUT2D eigenvalue weighted by atomic mass is 9.78. The van der Waals surface area contributed by atoms with E-state index in [-0.39, 0.29) is 11.8 Å². The number of thioether (sulfide) groups is 1. The molecule has 1 aliphatic carbocycles. The van der Waals surface area contributed by atoms with Gasteiger partial charge in [0.25, 0.3) is 0 Å². The molecule has 0 radical (unpaired) electrons. The molecule has 3 aromatic rings. The molecule has 1 aliphatic heterocycles. The van der Waals surface area contributed by atoms with Crippen LogP contribution in [0.2, 0.25) is 0 Å². The molecular formula is C37H50N2O3S. The fourth-order valence-electron chi connectivity index (χ4n) is 6.47. The Kier molecular flexibility index (Phi) is 10.6. The number of anilines is 1. The van der Waals surface area contributed by atoms with Gasteiger partial charge in [-0.3, -0.25) is 5.32 Å². The molecule has 0 amide bonds. The van der Waals surface area contributed by atoms with E-state index in [1.165, 1.54) is 52.1 Å². The Morgan fingerprint density at radius 1 is 0.860 bits per heavy atom. The maximum Gasteiger partial charge on any atom is 0.164 e. The monoisotopic (exact) mass is 602 g/mol. The molecule has 5 nitrogen and oxygen atoms in total. The Morgan fingerprint density at radius 3 is 2.28 bits per heavy atom.